The van der Waals surface area contributed by atoms with Gasteiger partial charge in [-0.1, -0.05) is 36.6 Å². The number of rotatable bonds is 5. The summed E-state index contributed by atoms with van der Waals surface area (Å²) in [7, 11) is 0. The highest BCUT2D eigenvalue weighted by Crippen LogP contribution is 2.18. The maximum Gasteiger partial charge on any atom is 0.274 e. The minimum absolute atomic E-state index is 0.231. The average Bonchev–Trinajstić information content (AvgIpc) is 2.96. The number of nitrogens with one attached hydrogen (secondary N) is 1. The van der Waals surface area contributed by atoms with Crippen molar-refractivity contribution in [2.24, 2.45) is 0 Å². The monoisotopic (exact) mass is 418 g/mol. The molecule has 1 aromatic carbocycles. The van der Waals surface area contributed by atoms with Crippen molar-refractivity contribution < 1.29 is 4.79 Å². The van der Waals surface area contributed by atoms with Gasteiger partial charge in [0.2, 0.25) is 0 Å². The minimum atomic E-state index is -0.231. The predicted molar refractivity (Wildman–Crippen MR) is 122 cm³/mol. The van der Waals surface area contributed by atoms with Crippen LogP contribution in [-0.4, -0.2) is 39.0 Å². The van der Waals surface area contributed by atoms with E-state index in [1.807, 2.05) is 38.2 Å². The number of amides is 1. The molecule has 31 heavy (non-hydrogen) atoms. The van der Waals surface area contributed by atoms with E-state index in [1.165, 1.54) is 36.0 Å². The standard InChI is InChI=1S/C24H30N6O/c1-17-8-10-21(18(2)14-17)30-27-19(3)23(28-30)24(31)26-16-20-9-11-22(25-15-20)29-12-6-4-5-7-13-29/h8-11,14-15H,4-7,12-13,16H2,1-3H3,(H,26,31). The molecule has 0 bridgehead atoms. The predicted octanol–water partition coefficient (Wildman–Crippen LogP) is 3.90. The van der Waals surface area contributed by atoms with Crippen molar-refractivity contribution >= 4 is 11.7 Å². The second-order valence-corrected chi connectivity index (χ2v) is 8.32. The van der Waals surface area contributed by atoms with Crippen LogP contribution in [0.3, 0.4) is 0 Å². The zero-order valence-corrected chi connectivity index (χ0v) is 18.6. The topological polar surface area (TPSA) is 75.9 Å². The van der Waals surface area contributed by atoms with Crippen LogP contribution in [0.5, 0.6) is 0 Å². The summed E-state index contributed by atoms with van der Waals surface area (Å²) in [5, 5.41) is 11.8. The quantitative estimate of drug-likeness (QED) is 0.680. The fraction of sp³-hybridized carbons (Fsp3) is 0.417. The highest BCUT2D eigenvalue weighted by atomic mass is 16.2. The lowest BCUT2D eigenvalue weighted by molar-refractivity contribution is 0.0945. The maximum absolute atomic E-state index is 12.7. The van der Waals surface area contributed by atoms with Gasteiger partial charge in [-0.25, -0.2) is 4.98 Å². The highest BCUT2D eigenvalue weighted by Gasteiger charge is 2.17. The third-order valence-electron chi connectivity index (χ3n) is 5.76. The molecular formula is C24H30N6O. The number of hydrogen-bond acceptors (Lipinski definition) is 5. The van der Waals surface area contributed by atoms with E-state index in [4.69, 9.17) is 0 Å². The summed E-state index contributed by atoms with van der Waals surface area (Å²) in [6.45, 7) is 8.41. The van der Waals surface area contributed by atoms with Gasteiger partial charge in [-0.05, 0) is 56.9 Å². The Kier molecular flexibility index (Phi) is 6.30. The maximum atomic E-state index is 12.7. The molecular weight excluding hydrogens is 388 g/mol. The van der Waals surface area contributed by atoms with Crippen LogP contribution < -0.4 is 10.2 Å². The normalized spacial score (nSPS) is 14.4. The molecule has 0 spiro atoms. The van der Waals surface area contributed by atoms with Gasteiger partial charge in [0.25, 0.3) is 5.91 Å². The molecule has 1 aliphatic heterocycles. The average molecular weight is 419 g/mol. The molecule has 7 nitrogen and oxygen atoms in total. The fourth-order valence-corrected chi connectivity index (χ4v) is 4.00. The molecule has 1 N–H and O–H groups in total. The Labute approximate surface area is 183 Å². The van der Waals surface area contributed by atoms with Gasteiger partial charge in [0, 0.05) is 25.8 Å². The number of hydrogen-bond donors (Lipinski definition) is 1. The van der Waals surface area contributed by atoms with Crippen LogP contribution in [0.15, 0.2) is 36.5 Å². The summed E-state index contributed by atoms with van der Waals surface area (Å²) in [4.78, 5) is 21.2. The van der Waals surface area contributed by atoms with E-state index in [1.54, 1.807) is 6.92 Å². The SMILES string of the molecule is Cc1ccc(-n2nc(C)c(C(=O)NCc3ccc(N4CCCCCC4)nc3)n2)c(C)c1. The van der Waals surface area contributed by atoms with E-state index >= 15 is 0 Å². The Hall–Kier alpha value is -3.22. The number of nitrogens with zero attached hydrogens (tertiary/aromatic N) is 5. The van der Waals surface area contributed by atoms with Crippen molar-refractivity contribution in [3.63, 3.8) is 0 Å². The molecule has 4 rings (SSSR count). The zero-order chi connectivity index (χ0) is 21.8. The Balaban J connectivity index is 1.40. The minimum Gasteiger partial charge on any atom is -0.357 e. The van der Waals surface area contributed by atoms with Crippen LogP contribution in [0.1, 0.15) is 58.6 Å². The van der Waals surface area contributed by atoms with Crippen LogP contribution in [0.25, 0.3) is 5.69 Å². The van der Waals surface area contributed by atoms with Gasteiger partial charge >= 0.3 is 0 Å². The number of aryl methyl sites for hydroxylation is 3. The van der Waals surface area contributed by atoms with Crippen molar-refractivity contribution in [2.75, 3.05) is 18.0 Å². The molecule has 0 unspecified atom stereocenters. The lowest BCUT2D eigenvalue weighted by atomic mass is 10.1. The van der Waals surface area contributed by atoms with E-state index in [2.05, 4.69) is 37.5 Å². The number of carbonyl (C=O) groups is 1. The second kappa shape index (κ2) is 9.29. The molecule has 1 amide bonds. The summed E-state index contributed by atoms with van der Waals surface area (Å²) in [5.74, 6) is 0.786. The second-order valence-electron chi connectivity index (χ2n) is 8.32. The third-order valence-corrected chi connectivity index (χ3v) is 5.76. The molecule has 3 aromatic rings. The molecule has 0 radical (unpaired) electrons. The smallest absolute Gasteiger partial charge is 0.274 e. The van der Waals surface area contributed by atoms with Gasteiger partial charge in [-0.3, -0.25) is 4.79 Å². The van der Waals surface area contributed by atoms with Crippen LogP contribution in [0.4, 0.5) is 5.82 Å². The van der Waals surface area contributed by atoms with Crippen LogP contribution in [-0.2, 0) is 6.54 Å². The van der Waals surface area contributed by atoms with Gasteiger partial charge in [0.05, 0.1) is 11.4 Å². The lowest BCUT2D eigenvalue weighted by Crippen LogP contribution is -2.26. The van der Waals surface area contributed by atoms with Crippen LogP contribution in [0.2, 0.25) is 0 Å². The number of anilines is 1. The zero-order valence-electron chi connectivity index (χ0n) is 18.6. The third kappa shape index (κ3) is 4.93. The van der Waals surface area contributed by atoms with Gasteiger partial charge in [-0.2, -0.15) is 9.90 Å². The first-order valence-corrected chi connectivity index (χ1v) is 11.0. The number of aromatic nitrogens is 4. The van der Waals surface area contributed by atoms with Crippen molar-refractivity contribution in [2.45, 2.75) is 53.0 Å². The van der Waals surface area contributed by atoms with Gasteiger partial charge in [-0.15, -0.1) is 5.10 Å². The van der Waals surface area contributed by atoms with Crippen molar-refractivity contribution in [3.05, 3.63) is 64.6 Å². The first-order chi connectivity index (χ1) is 15.0. The molecule has 162 valence electrons. The van der Waals surface area contributed by atoms with Gasteiger partial charge < -0.3 is 10.2 Å². The molecule has 1 saturated heterocycles. The molecule has 1 fully saturated rings. The number of benzene rings is 1. The Morgan fingerprint density at radius 1 is 1.00 bits per heavy atom. The lowest BCUT2D eigenvalue weighted by Gasteiger charge is -2.21. The van der Waals surface area contributed by atoms with Crippen molar-refractivity contribution in [3.8, 4) is 5.69 Å². The van der Waals surface area contributed by atoms with Crippen molar-refractivity contribution in [1.29, 1.82) is 0 Å². The first kappa shape index (κ1) is 21.0. The van der Waals surface area contributed by atoms with Crippen LogP contribution in [0, 0.1) is 20.8 Å². The van der Waals surface area contributed by atoms with E-state index < -0.39 is 0 Å². The van der Waals surface area contributed by atoms with Crippen molar-refractivity contribution in [1.82, 2.24) is 25.3 Å². The fourth-order valence-electron chi connectivity index (χ4n) is 4.00. The Morgan fingerprint density at radius 2 is 1.77 bits per heavy atom. The molecule has 0 atom stereocenters. The number of pyridine rings is 1. The Morgan fingerprint density at radius 3 is 2.45 bits per heavy atom. The largest absolute Gasteiger partial charge is 0.357 e. The molecule has 2 aromatic heterocycles. The molecule has 0 aliphatic carbocycles. The van der Waals surface area contributed by atoms with Gasteiger partial charge in [0.15, 0.2) is 5.69 Å². The van der Waals surface area contributed by atoms with E-state index in [-0.39, 0.29) is 5.91 Å². The Bertz CT molecular complexity index is 1050. The van der Waals surface area contributed by atoms with E-state index in [0.717, 1.165) is 35.7 Å². The summed E-state index contributed by atoms with van der Waals surface area (Å²) < 4.78 is 0. The molecule has 0 saturated carbocycles. The van der Waals surface area contributed by atoms with E-state index in [0.29, 0.717) is 17.9 Å². The highest BCUT2D eigenvalue weighted by molar-refractivity contribution is 5.93. The number of carbonyl (C=O) groups excluding carboxylic acids is 1. The summed E-state index contributed by atoms with van der Waals surface area (Å²) in [6.07, 6.45) is 6.89. The summed E-state index contributed by atoms with van der Waals surface area (Å²) in [6, 6.07) is 10.2. The van der Waals surface area contributed by atoms with Gasteiger partial charge in [0.1, 0.15) is 5.82 Å². The first-order valence-electron chi connectivity index (χ1n) is 11.0. The van der Waals surface area contributed by atoms with E-state index in [9.17, 15) is 4.79 Å². The molecule has 1 aliphatic rings. The summed E-state index contributed by atoms with van der Waals surface area (Å²) in [5.41, 5.74) is 5.03. The van der Waals surface area contributed by atoms with Crippen LogP contribution >= 0.6 is 0 Å². The summed E-state index contributed by atoms with van der Waals surface area (Å²) >= 11 is 0. The molecule has 3 heterocycles. The molecule has 7 heteroatoms.